The lowest BCUT2D eigenvalue weighted by atomic mass is 10.0. The van der Waals surface area contributed by atoms with Gasteiger partial charge in [-0.15, -0.1) is 0 Å². The molecule has 0 aromatic heterocycles. The van der Waals surface area contributed by atoms with E-state index >= 15 is 0 Å². The zero-order valence-electron chi connectivity index (χ0n) is 12.8. The van der Waals surface area contributed by atoms with Gasteiger partial charge in [0.15, 0.2) is 0 Å². The monoisotopic (exact) mass is 281 g/mol. The summed E-state index contributed by atoms with van der Waals surface area (Å²) in [6.07, 6.45) is 4.86. The topological polar surface area (TPSA) is 61.4 Å². The molecule has 20 heavy (non-hydrogen) atoms. The number of nitrogens with one attached hydrogen (secondary N) is 2. The molecule has 0 spiro atoms. The molecular formula is C15H27N3O2. The number of hydrogen-bond donors (Lipinski definition) is 2. The minimum absolute atomic E-state index is 0.0322. The Morgan fingerprint density at radius 3 is 2.50 bits per heavy atom. The van der Waals surface area contributed by atoms with Crippen molar-refractivity contribution in [2.75, 3.05) is 13.6 Å². The minimum Gasteiger partial charge on any atom is -0.358 e. The summed E-state index contributed by atoms with van der Waals surface area (Å²) in [5.41, 5.74) is 0. The van der Waals surface area contributed by atoms with Crippen molar-refractivity contribution < 1.29 is 9.59 Å². The normalized spacial score (nSPS) is 24.7. The van der Waals surface area contributed by atoms with Crippen molar-refractivity contribution in [3.8, 4) is 0 Å². The lowest BCUT2D eigenvalue weighted by Crippen LogP contribution is -2.53. The molecule has 1 saturated carbocycles. The van der Waals surface area contributed by atoms with Gasteiger partial charge in [0.05, 0.1) is 12.1 Å². The molecule has 2 unspecified atom stereocenters. The molecule has 114 valence electrons. The molecule has 2 fully saturated rings. The molecule has 2 aliphatic rings. The quantitative estimate of drug-likeness (QED) is 0.760. The van der Waals surface area contributed by atoms with Gasteiger partial charge in [0.2, 0.25) is 11.8 Å². The maximum absolute atomic E-state index is 12.3. The van der Waals surface area contributed by atoms with Crippen molar-refractivity contribution in [3.63, 3.8) is 0 Å². The Balaban J connectivity index is 2.04. The van der Waals surface area contributed by atoms with Crippen LogP contribution in [0, 0.1) is 5.92 Å². The first-order valence-electron chi connectivity index (χ1n) is 7.80. The highest BCUT2D eigenvalue weighted by Gasteiger charge is 2.39. The SMILES string of the molecule is CNC(=O)C(CC(C)C)N1CCCC1C(=O)NC1CC1. The van der Waals surface area contributed by atoms with Crippen LogP contribution >= 0.6 is 0 Å². The molecule has 0 radical (unpaired) electrons. The van der Waals surface area contributed by atoms with Crippen molar-refractivity contribution in [2.24, 2.45) is 5.92 Å². The third-order valence-corrected chi connectivity index (χ3v) is 4.16. The highest BCUT2D eigenvalue weighted by atomic mass is 16.2. The van der Waals surface area contributed by atoms with Crippen LogP contribution in [0.4, 0.5) is 0 Å². The number of hydrogen-bond acceptors (Lipinski definition) is 3. The Hall–Kier alpha value is -1.10. The fourth-order valence-corrected chi connectivity index (χ4v) is 2.97. The number of nitrogens with zero attached hydrogens (tertiary/aromatic N) is 1. The molecule has 0 aromatic carbocycles. The molecule has 2 N–H and O–H groups in total. The smallest absolute Gasteiger partial charge is 0.237 e. The molecule has 0 bridgehead atoms. The van der Waals surface area contributed by atoms with E-state index in [0.29, 0.717) is 12.0 Å². The van der Waals surface area contributed by atoms with Crippen LogP contribution < -0.4 is 10.6 Å². The zero-order valence-corrected chi connectivity index (χ0v) is 12.8. The number of carbonyl (C=O) groups excluding carboxylic acids is 2. The Morgan fingerprint density at radius 2 is 1.95 bits per heavy atom. The van der Waals surface area contributed by atoms with Gasteiger partial charge in [-0.25, -0.2) is 0 Å². The summed E-state index contributed by atoms with van der Waals surface area (Å²) in [5, 5.41) is 5.83. The lowest BCUT2D eigenvalue weighted by molar-refractivity contribution is -0.131. The molecule has 0 aromatic rings. The second-order valence-electron chi connectivity index (χ2n) is 6.44. The zero-order chi connectivity index (χ0) is 14.7. The fourth-order valence-electron chi connectivity index (χ4n) is 2.97. The first-order valence-corrected chi connectivity index (χ1v) is 7.80. The molecule has 2 rings (SSSR count). The van der Waals surface area contributed by atoms with Gasteiger partial charge in [-0.1, -0.05) is 13.8 Å². The summed E-state index contributed by atoms with van der Waals surface area (Å²) in [7, 11) is 1.67. The number of amides is 2. The second-order valence-corrected chi connectivity index (χ2v) is 6.44. The van der Waals surface area contributed by atoms with E-state index in [1.165, 1.54) is 0 Å². The first-order chi connectivity index (χ1) is 9.52. The maximum Gasteiger partial charge on any atom is 0.237 e. The maximum atomic E-state index is 12.3. The Kier molecular flexibility index (Phi) is 5.02. The summed E-state index contributed by atoms with van der Waals surface area (Å²) in [6, 6.07) is 0.0719. The van der Waals surface area contributed by atoms with Gasteiger partial charge < -0.3 is 10.6 Å². The van der Waals surface area contributed by atoms with Crippen molar-refractivity contribution in [3.05, 3.63) is 0 Å². The van der Waals surface area contributed by atoms with E-state index in [1.54, 1.807) is 7.05 Å². The molecule has 1 aliphatic carbocycles. The fraction of sp³-hybridized carbons (Fsp3) is 0.867. The third kappa shape index (κ3) is 3.72. The Labute approximate surface area is 121 Å². The van der Waals surface area contributed by atoms with Crippen LogP contribution in [0.2, 0.25) is 0 Å². The van der Waals surface area contributed by atoms with Crippen molar-refractivity contribution in [2.45, 2.75) is 64.1 Å². The van der Waals surface area contributed by atoms with Crippen LogP contribution in [0.5, 0.6) is 0 Å². The van der Waals surface area contributed by atoms with Crippen molar-refractivity contribution in [1.82, 2.24) is 15.5 Å². The minimum atomic E-state index is -0.183. The van der Waals surface area contributed by atoms with E-state index in [4.69, 9.17) is 0 Å². The molecule has 5 heteroatoms. The van der Waals surface area contributed by atoms with E-state index in [2.05, 4.69) is 29.4 Å². The summed E-state index contributed by atoms with van der Waals surface area (Å²) in [5.74, 6) is 0.581. The van der Waals surface area contributed by atoms with E-state index in [9.17, 15) is 9.59 Å². The molecule has 2 amide bonds. The molecule has 1 aliphatic heterocycles. The van der Waals surface area contributed by atoms with Gasteiger partial charge in [-0.2, -0.15) is 0 Å². The van der Waals surface area contributed by atoms with Crippen LogP contribution in [0.3, 0.4) is 0 Å². The van der Waals surface area contributed by atoms with Gasteiger partial charge in [0, 0.05) is 13.1 Å². The van der Waals surface area contributed by atoms with Crippen LogP contribution in [0.15, 0.2) is 0 Å². The highest BCUT2D eigenvalue weighted by Crippen LogP contribution is 2.26. The molecule has 2 atom stereocenters. The van der Waals surface area contributed by atoms with Crippen LogP contribution in [-0.2, 0) is 9.59 Å². The molecule has 1 heterocycles. The molecule has 1 saturated heterocycles. The van der Waals surface area contributed by atoms with E-state index in [0.717, 1.165) is 38.6 Å². The Bertz CT molecular complexity index is 366. The van der Waals surface area contributed by atoms with Crippen LogP contribution in [0.25, 0.3) is 0 Å². The van der Waals surface area contributed by atoms with Crippen LogP contribution in [0.1, 0.15) is 46.0 Å². The standard InChI is InChI=1S/C15H27N3O2/c1-10(2)9-13(14(19)16-3)18-8-4-5-12(18)15(20)17-11-6-7-11/h10-13H,4-9H2,1-3H3,(H,16,19)(H,17,20). The first kappa shape index (κ1) is 15.3. The second kappa shape index (κ2) is 6.57. The number of likely N-dealkylation sites (N-methyl/N-ethyl adjacent to an activating group) is 1. The van der Waals surface area contributed by atoms with Crippen LogP contribution in [-0.4, -0.2) is 48.4 Å². The summed E-state index contributed by atoms with van der Waals surface area (Å²) < 4.78 is 0. The third-order valence-electron chi connectivity index (χ3n) is 4.16. The highest BCUT2D eigenvalue weighted by molar-refractivity contribution is 5.85. The predicted octanol–water partition coefficient (Wildman–Crippen LogP) is 0.890. The predicted molar refractivity (Wildman–Crippen MR) is 78.2 cm³/mol. The molecule has 5 nitrogen and oxygen atoms in total. The average molecular weight is 281 g/mol. The van der Waals surface area contributed by atoms with Gasteiger partial charge >= 0.3 is 0 Å². The van der Waals surface area contributed by atoms with Gasteiger partial charge in [0.25, 0.3) is 0 Å². The summed E-state index contributed by atoms with van der Waals surface area (Å²) >= 11 is 0. The summed E-state index contributed by atoms with van der Waals surface area (Å²) in [6.45, 7) is 5.07. The van der Waals surface area contributed by atoms with Crippen molar-refractivity contribution in [1.29, 1.82) is 0 Å². The number of rotatable bonds is 6. The largest absolute Gasteiger partial charge is 0.358 e. The van der Waals surface area contributed by atoms with E-state index in [-0.39, 0.29) is 23.9 Å². The van der Waals surface area contributed by atoms with E-state index in [1.807, 2.05) is 0 Å². The lowest BCUT2D eigenvalue weighted by Gasteiger charge is -2.32. The summed E-state index contributed by atoms with van der Waals surface area (Å²) in [4.78, 5) is 26.6. The molecular weight excluding hydrogens is 254 g/mol. The van der Waals surface area contributed by atoms with Gasteiger partial charge in [0.1, 0.15) is 0 Å². The van der Waals surface area contributed by atoms with Crippen molar-refractivity contribution >= 4 is 11.8 Å². The average Bonchev–Trinajstić information content (AvgIpc) is 3.08. The number of carbonyl (C=O) groups is 2. The van der Waals surface area contributed by atoms with Gasteiger partial charge in [-0.05, 0) is 44.6 Å². The van der Waals surface area contributed by atoms with E-state index < -0.39 is 0 Å². The Morgan fingerprint density at radius 1 is 1.25 bits per heavy atom. The van der Waals surface area contributed by atoms with Gasteiger partial charge in [-0.3, -0.25) is 14.5 Å². The number of likely N-dealkylation sites (tertiary alicyclic amines) is 1.